The number of benzene rings is 2. The third-order valence-corrected chi connectivity index (χ3v) is 8.17. The zero-order valence-electron chi connectivity index (χ0n) is 27.8. The highest BCUT2D eigenvalue weighted by atomic mass is 16.6. The van der Waals surface area contributed by atoms with E-state index in [1.807, 2.05) is 77.9 Å². The standard InChI is InChI=1S/C18H24N2O3.C18H22N2O3/c2*1-17(2,3)23-16(22)20-11-9-18(19-4,10-12-20)15-7-5-14(13-21)6-8-15/h5-8,21H,9-13H2,1-3H3;5-8,13H,9-12H2,1-3H3. The molecule has 0 atom stereocenters. The number of ether oxygens (including phenoxy) is 2. The van der Waals surface area contributed by atoms with Crippen LogP contribution in [0.15, 0.2) is 48.5 Å². The van der Waals surface area contributed by atoms with E-state index in [1.165, 1.54) is 0 Å². The Morgan fingerprint density at radius 3 is 1.37 bits per heavy atom. The Morgan fingerprint density at radius 1 is 0.739 bits per heavy atom. The maximum absolute atomic E-state index is 12.1. The number of aliphatic hydroxyl groups is 1. The van der Waals surface area contributed by atoms with Gasteiger partial charge in [0.25, 0.3) is 11.1 Å². The Kier molecular flexibility index (Phi) is 11.6. The number of hydrogen-bond acceptors (Lipinski definition) is 6. The van der Waals surface area contributed by atoms with Crippen molar-refractivity contribution in [2.45, 2.75) is 96.1 Å². The van der Waals surface area contributed by atoms with Crippen LogP contribution in [0, 0.1) is 13.1 Å². The molecule has 10 heteroatoms. The number of likely N-dealkylation sites (tertiary alicyclic amines) is 2. The smallest absolute Gasteiger partial charge is 0.410 e. The quantitative estimate of drug-likeness (QED) is 0.289. The summed E-state index contributed by atoms with van der Waals surface area (Å²) in [6.07, 6.45) is 2.47. The summed E-state index contributed by atoms with van der Waals surface area (Å²) < 4.78 is 10.8. The minimum absolute atomic E-state index is 0.00226. The fourth-order valence-corrected chi connectivity index (χ4v) is 5.49. The summed E-state index contributed by atoms with van der Waals surface area (Å²) in [7, 11) is 0. The van der Waals surface area contributed by atoms with E-state index in [-0.39, 0.29) is 18.8 Å². The lowest BCUT2D eigenvalue weighted by molar-refractivity contribution is 0.0171. The summed E-state index contributed by atoms with van der Waals surface area (Å²) in [5.41, 5.74) is 1.05. The summed E-state index contributed by atoms with van der Waals surface area (Å²) in [4.78, 5) is 46.1. The third-order valence-electron chi connectivity index (χ3n) is 8.17. The number of nitrogens with zero attached hydrogens (tertiary/aromatic N) is 4. The number of carbonyl (C=O) groups excluding carboxylic acids is 3. The van der Waals surface area contributed by atoms with Crippen LogP contribution in [0.1, 0.15) is 94.3 Å². The van der Waals surface area contributed by atoms with Gasteiger partial charge in [0.2, 0.25) is 0 Å². The van der Waals surface area contributed by atoms with Crippen molar-refractivity contribution in [1.29, 1.82) is 0 Å². The van der Waals surface area contributed by atoms with E-state index < -0.39 is 22.3 Å². The Balaban J connectivity index is 0.000000250. The lowest BCUT2D eigenvalue weighted by atomic mass is 9.81. The highest BCUT2D eigenvalue weighted by molar-refractivity contribution is 5.74. The van der Waals surface area contributed by atoms with E-state index in [0.29, 0.717) is 57.4 Å². The summed E-state index contributed by atoms with van der Waals surface area (Å²) in [6.45, 7) is 28.3. The van der Waals surface area contributed by atoms with E-state index >= 15 is 0 Å². The summed E-state index contributed by atoms with van der Waals surface area (Å²) >= 11 is 0. The van der Waals surface area contributed by atoms with Crippen molar-refractivity contribution < 1.29 is 29.0 Å². The second-order valence-electron chi connectivity index (χ2n) is 13.8. The SMILES string of the molecule is [C-]#[N+]C1(c2ccc(C=O)cc2)CCN(C(=O)OC(C)(C)C)CC1.[C-]#[N+]C1(c2ccc(CO)cc2)CCN(C(=O)OC(C)(C)C)CC1. The van der Waals surface area contributed by atoms with Gasteiger partial charge in [0.15, 0.2) is 0 Å². The van der Waals surface area contributed by atoms with Gasteiger partial charge in [-0.3, -0.25) is 4.79 Å². The topological polar surface area (TPSA) is 105 Å². The molecule has 10 nitrogen and oxygen atoms in total. The maximum Gasteiger partial charge on any atom is 0.410 e. The van der Waals surface area contributed by atoms with Crippen molar-refractivity contribution in [3.63, 3.8) is 0 Å². The van der Waals surface area contributed by atoms with Crippen LogP contribution in [0.5, 0.6) is 0 Å². The second-order valence-corrected chi connectivity index (χ2v) is 13.8. The number of piperidine rings is 2. The first-order valence-electron chi connectivity index (χ1n) is 15.6. The van der Waals surface area contributed by atoms with Gasteiger partial charge in [-0.05, 0) is 47.1 Å². The predicted octanol–water partition coefficient (Wildman–Crippen LogP) is 6.97. The molecule has 246 valence electrons. The van der Waals surface area contributed by atoms with Gasteiger partial charge in [0, 0.05) is 68.6 Å². The molecule has 2 amide bonds. The van der Waals surface area contributed by atoms with Crippen LogP contribution >= 0.6 is 0 Å². The van der Waals surface area contributed by atoms with Crippen molar-refractivity contribution in [2.24, 2.45) is 0 Å². The number of carbonyl (C=O) groups is 3. The fraction of sp³-hybridized carbons (Fsp3) is 0.528. The average molecular weight is 631 g/mol. The van der Waals surface area contributed by atoms with Crippen molar-refractivity contribution in [3.8, 4) is 0 Å². The molecule has 1 N–H and O–H groups in total. The Morgan fingerprint density at radius 2 is 1.09 bits per heavy atom. The summed E-state index contributed by atoms with van der Waals surface area (Å²) in [6, 6.07) is 14.7. The van der Waals surface area contributed by atoms with Crippen molar-refractivity contribution in [3.05, 3.63) is 93.6 Å². The predicted molar refractivity (Wildman–Crippen MR) is 175 cm³/mol. The zero-order chi connectivity index (χ0) is 34.2. The van der Waals surface area contributed by atoms with Gasteiger partial charge in [-0.15, -0.1) is 0 Å². The number of rotatable bonds is 4. The molecule has 0 saturated carbocycles. The number of hydrogen-bond donors (Lipinski definition) is 1. The third kappa shape index (κ3) is 9.31. The van der Waals surface area contributed by atoms with Crippen LogP contribution in [0.4, 0.5) is 9.59 Å². The number of aliphatic hydroxyl groups excluding tert-OH is 1. The molecule has 0 bridgehead atoms. The van der Waals surface area contributed by atoms with E-state index in [0.717, 1.165) is 23.0 Å². The van der Waals surface area contributed by atoms with Gasteiger partial charge in [-0.25, -0.2) is 22.7 Å². The van der Waals surface area contributed by atoms with E-state index in [2.05, 4.69) is 9.69 Å². The van der Waals surface area contributed by atoms with Crippen LogP contribution in [0.3, 0.4) is 0 Å². The summed E-state index contributed by atoms with van der Waals surface area (Å²) in [5.74, 6) is 0. The fourth-order valence-electron chi connectivity index (χ4n) is 5.49. The van der Waals surface area contributed by atoms with Crippen LogP contribution in [0.2, 0.25) is 0 Å². The zero-order valence-corrected chi connectivity index (χ0v) is 27.8. The first kappa shape index (κ1) is 36.1. The van der Waals surface area contributed by atoms with Crippen LogP contribution < -0.4 is 0 Å². The van der Waals surface area contributed by atoms with Gasteiger partial charge in [0.05, 0.1) is 6.61 Å². The molecule has 0 spiro atoms. The molecule has 2 aromatic rings. The van der Waals surface area contributed by atoms with Gasteiger partial charge in [-0.1, -0.05) is 48.5 Å². The highest BCUT2D eigenvalue weighted by Crippen LogP contribution is 2.38. The van der Waals surface area contributed by atoms with Gasteiger partial charge in [-0.2, -0.15) is 0 Å². The molecule has 2 aromatic carbocycles. The normalized spacial score (nSPS) is 17.3. The molecular weight excluding hydrogens is 584 g/mol. The van der Waals surface area contributed by atoms with Gasteiger partial charge in [0.1, 0.15) is 17.5 Å². The molecule has 4 rings (SSSR count). The first-order valence-corrected chi connectivity index (χ1v) is 15.6. The molecule has 2 fully saturated rings. The maximum atomic E-state index is 12.1. The molecule has 2 aliphatic rings. The minimum Gasteiger partial charge on any atom is -0.444 e. The Labute approximate surface area is 272 Å². The molecule has 2 heterocycles. The van der Waals surface area contributed by atoms with E-state index in [4.69, 9.17) is 27.7 Å². The van der Waals surface area contributed by atoms with E-state index in [1.54, 1.807) is 21.9 Å². The van der Waals surface area contributed by atoms with Crippen LogP contribution in [-0.4, -0.2) is 70.8 Å². The van der Waals surface area contributed by atoms with Crippen molar-refractivity contribution in [2.75, 3.05) is 26.2 Å². The van der Waals surface area contributed by atoms with Crippen molar-refractivity contribution >= 4 is 18.5 Å². The monoisotopic (exact) mass is 630 g/mol. The first-order chi connectivity index (χ1) is 21.6. The minimum atomic E-state index is -0.625. The molecule has 2 saturated heterocycles. The lowest BCUT2D eigenvalue weighted by Crippen LogP contribution is -2.45. The molecule has 46 heavy (non-hydrogen) atoms. The molecule has 0 aromatic heterocycles. The van der Waals surface area contributed by atoms with Gasteiger partial charge < -0.3 is 34.1 Å². The molecule has 2 aliphatic heterocycles. The van der Waals surface area contributed by atoms with Crippen molar-refractivity contribution in [1.82, 2.24) is 9.80 Å². The molecule has 0 aliphatic carbocycles. The Hall–Kier alpha value is -4.41. The van der Waals surface area contributed by atoms with Gasteiger partial charge >= 0.3 is 12.2 Å². The largest absolute Gasteiger partial charge is 0.444 e. The number of amides is 2. The number of aldehydes is 1. The van der Waals surface area contributed by atoms with E-state index in [9.17, 15) is 14.4 Å². The molecule has 0 unspecified atom stereocenters. The van der Waals surface area contributed by atoms with Crippen LogP contribution in [0.25, 0.3) is 9.69 Å². The Bertz CT molecular complexity index is 1430. The molecule has 0 radical (unpaired) electrons. The summed E-state index contributed by atoms with van der Waals surface area (Å²) in [5, 5.41) is 9.13. The highest BCUT2D eigenvalue weighted by Gasteiger charge is 2.45. The lowest BCUT2D eigenvalue weighted by Gasteiger charge is -2.35. The van der Waals surface area contributed by atoms with Crippen LogP contribution in [-0.2, 0) is 27.2 Å². The second kappa shape index (κ2) is 14.8. The average Bonchev–Trinajstić information content (AvgIpc) is 3.03. The molecular formula is C36H46N4O6.